The average molecular weight is 314 g/mol. The zero-order valence-corrected chi connectivity index (χ0v) is 13.5. The van der Waals surface area contributed by atoms with E-state index in [9.17, 15) is 0 Å². The van der Waals surface area contributed by atoms with Crippen LogP contribution in [0.5, 0.6) is 5.75 Å². The minimum atomic E-state index is 0.688. The van der Waals surface area contributed by atoms with Gasteiger partial charge in [0.2, 0.25) is 0 Å². The van der Waals surface area contributed by atoms with Crippen LogP contribution in [0.2, 0.25) is 0 Å². The van der Waals surface area contributed by atoms with Gasteiger partial charge < -0.3 is 9.30 Å². The summed E-state index contributed by atoms with van der Waals surface area (Å²) in [4.78, 5) is 4.20. The second-order valence-electron chi connectivity index (χ2n) is 5.63. The smallest absolute Gasteiger partial charge is 0.119 e. The lowest BCUT2D eigenvalue weighted by Gasteiger charge is -2.07. The molecule has 0 saturated heterocycles. The van der Waals surface area contributed by atoms with Gasteiger partial charge in [-0.05, 0) is 60.5 Å². The van der Waals surface area contributed by atoms with E-state index < -0.39 is 0 Å². The minimum absolute atomic E-state index is 0.688. The van der Waals surface area contributed by atoms with Crippen molar-refractivity contribution in [3.8, 4) is 22.6 Å². The standard InChI is InChI=1S/C21H18N2O/c1-2-24-20-8-5-16(6-9-20)17-7-10-21-18(14-17)11-13-23(21)19-4-3-12-22-15-19/h3-15H,2H2,1H3. The van der Waals surface area contributed by atoms with Crippen LogP contribution in [-0.2, 0) is 0 Å². The van der Waals surface area contributed by atoms with Crippen LogP contribution in [0.1, 0.15) is 6.92 Å². The Hall–Kier alpha value is -3.07. The van der Waals surface area contributed by atoms with E-state index in [-0.39, 0.29) is 0 Å². The highest BCUT2D eigenvalue weighted by molar-refractivity contribution is 5.87. The van der Waals surface area contributed by atoms with E-state index in [1.54, 1.807) is 6.20 Å². The van der Waals surface area contributed by atoms with Crippen LogP contribution >= 0.6 is 0 Å². The molecule has 0 aliphatic carbocycles. The molecule has 0 spiro atoms. The minimum Gasteiger partial charge on any atom is -0.494 e. The number of aromatic nitrogens is 2. The Morgan fingerprint density at radius 1 is 0.958 bits per heavy atom. The van der Waals surface area contributed by atoms with Crippen LogP contribution < -0.4 is 4.74 Å². The molecular formula is C21H18N2O. The van der Waals surface area contributed by atoms with E-state index >= 15 is 0 Å². The highest BCUT2D eigenvalue weighted by Gasteiger charge is 2.06. The van der Waals surface area contributed by atoms with Crippen molar-refractivity contribution in [3.05, 3.63) is 79.3 Å². The second kappa shape index (κ2) is 6.20. The van der Waals surface area contributed by atoms with Crippen molar-refractivity contribution in [3.63, 3.8) is 0 Å². The maximum absolute atomic E-state index is 5.51. The van der Waals surface area contributed by atoms with E-state index in [0.29, 0.717) is 6.61 Å². The van der Waals surface area contributed by atoms with E-state index in [1.807, 2.05) is 31.3 Å². The molecule has 0 atom stereocenters. The lowest BCUT2D eigenvalue weighted by molar-refractivity contribution is 0.340. The van der Waals surface area contributed by atoms with Crippen molar-refractivity contribution < 1.29 is 4.74 Å². The molecule has 0 amide bonds. The summed E-state index contributed by atoms with van der Waals surface area (Å²) in [6.07, 6.45) is 5.75. The highest BCUT2D eigenvalue weighted by Crippen LogP contribution is 2.28. The van der Waals surface area contributed by atoms with Crippen molar-refractivity contribution in [1.82, 2.24) is 9.55 Å². The molecule has 0 saturated carbocycles. The Balaban J connectivity index is 1.72. The van der Waals surface area contributed by atoms with Gasteiger partial charge >= 0.3 is 0 Å². The molecule has 4 rings (SSSR count). The van der Waals surface area contributed by atoms with Gasteiger partial charge in [-0.25, -0.2) is 0 Å². The monoisotopic (exact) mass is 314 g/mol. The number of hydrogen-bond acceptors (Lipinski definition) is 2. The second-order valence-corrected chi connectivity index (χ2v) is 5.63. The third-order valence-electron chi connectivity index (χ3n) is 4.11. The number of ether oxygens (including phenoxy) is 1. The van der Waals surface area contributed by atoms with Gasteiger partial charge in [0.05, 0.1) is 24.0 Å². The van der Waals surface area contributed by atoms with Crippen molar-refractivity contribution in [2.24, 2.45) is 0 Å². The number of hydrogen-bond donors (Lipinski definition) is 0. The normalized spacial score (nSPS) is 10.9. The highest BCUT2D eigenvalue weighted by atomic mass is 16.5. The molecule has 0 unspecified atom stereocenters. The van der Waals surface area contributed by atoms with Crippen molar-refractivity contribution in [2.75, 3.05) is 6.61 Å². The number of benzene rings is 2. The summed E-state index contributed by atoms with van der Waals surface area (Å²) in [6, 6.07) is 20.9. The third-order valence-corrected chi connectivity index (χ3v) is 4.11. The van der Waals surface area contributed by atoms with Gasteiger partial charge in [-0.1, -0.05) is 18.2 Å². The number of fused-ring (bicyclic) bond motifs is 1. The van der Waals surface area contributed by atoms with Gasteiger partial charge in [-0.2, -0.15) is 0 Å². The summed E-state index contributed by atoms with van der Waals surface area (Å²) in [5, 5.41) is 1.21. The summed E-state index contributed by atoms with van der Waals surface area (Å²) in [7, 11) is 0. The molecular weight excluding hydrogens is 296 g/mol. The first kappa shape index (κ1) is 14.5. The maximum Gasteiger partial charge on any atom is 0.119 e. The lowest BCUT2D eigenvalue weighted by Crippen LogP contribution is -1.92. The largest absolute Gasteiger partial charge is 0.494 e. The number of rotatable bonds is 4. The Bertz CT molecular complexity index is 956. The molecule has 3 nitrogen and oxygen atoms in total. The molecule has 2 aromatic carbocycles. The van der Waals surface area contributed by atoms with E-state index in [0.717, 1.165) is 11.4 Å². The average Bonchev–Trinajstić information content (AvgIpc) is 3.06. The fraction of sp³-hybridized carbons (Fsp3) is 0.0952. The fourth-order valence-corrected chi connectivity index (χ4v) is 2.95. The molecule has 0 N–H and O–H groups in total. The molecule has 0 radical (unpaired) electrons. The molecule has 24 heavy (non-hydrogen) atoms. The predicted molar refractivity (Wildman–Crippen MR) is 97.7 cm³/mol. The van der Waals surface area contributed by atoms with Crippen LogP contribution in [0.25, 0.3) is 27.7 Å². The number of pyridine rings is 1. The van der Waals surface area contributed by atoms with Gasteiger partial charge in [-0.3, -0.25) is 4.98 Å². The SMILES string of the molecule is CCOc1ccc(-c2ccc3c(ccn3-c3cccnc3)c2)cc1. The summed E-state index contributed by atoms with van der Waals surface area (Å²) in [5.74, 6) is 0.907. The van der Waals surface area contributed by atoms with Crippen molar-refractivity contribution in [2.45, 2.75) is 6.92 Å². The van der Waals surface area contributed by atoms with Gasteiger partial charge in [0.15, 0.2) is 0 Å². The predicted octanol–water partition coefficient (Wildman–Crippen LogP) is 5.09. The summed E-state index contributed by atoms with van der Waals surface area (Å²) >= 11 is 0. The van der Waals surface area contributed by atoms with E-state index in [1.165, 1.54) is 22.0 Å². The zero-order chi connectivity index (χ0) is 16.4. The quantitative estimate of drug-likeness (QED) is 0.524. The van der Waals surface area contributed by atoms with Crippen LogP contribution in [-0.4, -0.2) is 16.2 Å². The molecule has 2 aromatic heterocycles. The fourth-order valence-electron chi connectivity index (χ4n) is 2.95. The van der Waals surface area contributed by atoms with E-state index in [4.69, 9.17) is 4.74 Å². The van der Waals surface area contributed by atoms with Crippen molar-refractivity contribution in [1.29, 1.82) is 0 Å². The first-order valence-corrected chi connectivity index (χ1v) is 8.10. The first-order valence-electron chi connectivity index (χ1n) is 8.10. The van der Waals surface area contributed by atoms with Gasteiger partial charge in [0.25, 0.3) is 0 Å². The van der Waals surface area contributed by atoms with Crippen LogP contribution in [0.4, 0.5) is 0 Å². The zero-order valence-electron chi connectivity index (χ0n) is 13.5. The molecule has 3 heteroatoms. The van der Waals surface area contributed by atoms with E-state index in [2.05, 4.69) is 58.2 Å². The summed E-state index contributed by atoms with van der Waals surface area (Å²) < 4.78 is 7.67. The third kappa shape index (κ3) is 2.65. The lowest BCUT2D eigenvalue weighted by atomic mass is 10.0. The molecule has 118 valence electrons. The summed E-state index contributed by atoms with van der Waals surface area (Å²) in [5.41, 5.74) is 4.64. The summed E-state index contributed by atoms with van der Waals surface area (Å²) in [6.45, 7) is 2.68. The van der Waals surface area contributed by atoms with Gasteiger partial charge in [-0.15, -0.1) is 0 Å². The van der Waals surface area contributed by atoms with Crippen LogP contribution in [0.15, 0.2) is 79.3 Å². The first-order chi connectivity index (χ1) is 11.8. The Kier molecular flexibility index (Phi) is 3.75. The topological polar surface area (TPSA) is 27.1 Å². The van der Waals surface area contributed by atoms with Crippen LogP contribution in [0.3, 0.4) is 0 Å². The van der Waals surface area contributed by atoms with Crippen LogP contribution in [0, 0.1) is 0 Å². The van der Waals surface area contributed by atoms with Gasteiger partial charge in [0.1, 0.15) is 5.75 Å². The molecule has 0 aliphatic rings. The molecule has 0 bridgehead atoms. The number of nitrogens with zero attached hydrogens (tertiary/aromatic N) is 2. The molecule has 0 fully saturated rings. The Labute approximate surface area is 141 Å². The van der Waals surface area contributed by atoms with Crippen molar-refractivity contribution >= 4 is 10.9 Å². The Morgan fingerprint density at radius 2 is 1.79 bits per heavy atom. The Morgan fingerprint density at radius 3 is 2.54 bits per heavy atom. The maximum atomic E-state index is 5.51. The molecule has 4 aromatic rings. The molecule has 2 heterocycles. The van der Waals surface area contributed by atoms with Gasteiger partial charge in [0, 0.05) is 17.8 Å². The molecule has 0 aliphatic heterocycles.